The maximum Gasteiger partial charge on any atom is 0.295 e. The third-order valence-electron chi connectivity index (χ3n) is 4.26. The number of anilines is 1. The van der Waals surface area contributed by atoms with Crippen LogP contribution in [0.15, 0.2) is 83.3 Å². The van der Waals surface area contributed by atoms with E-state index in [4.69, 9.17) is 0 Å². The van der Waals surface area contributed by atoms with Crippen LogP contribution in [0, 0.1) is 6.92 Å². The van der Waals surface area contributed by atoms with Gasteiger partial charge in [-0.05, 0) is 42.8 Å². The number of para-hydroxylation sites is 1. The highest BCUT2D eigenvalue weighted by Crippen LogP contribution is 2.23. The number of hydrogen-bond donors (Lipinski definition) is 1. The smallest absolute Gasteiger partial charge is 0.295 e. The van der Waals surface area contributed by atoms with Gasteiger partial charge in [-0.3, -0.25) is 4.79 Å². The highest BCUT2D eigenvalue weighted by atomic mass is 79.9. The average Bonchev–Trinajstić information content (AvgIpc) is 3.18. The van der Waals surface area contributed by atoms with E-state index in [0.29, 0.717) is 11.5 Å². The minimum absolute atomic E-state index is 0.114. The Kier molecular flexibility index (Phi) is 5.04. The molecule has 4 aromatic rings. The van der Waals surface area contributed by atoms with Crippen molar-refractivity contribution in [2.45, 2.75) is 6.92 Å². The Labute approximate surface area is 171 Å². The third-order valence-corrected chi connectivity index (χ3v) is 5.15. The number of amides is 1. The second-order valence-corrected chi connectivity index (χ2v) is 7.14. The number of nitrogens with zero attached hydrogens (tertiary/aromatic N) is 3. The van der Waals surface area contributed by atoms with Gasteiger partial charge in [-0.15, -0.1) is 5.10 Å². The number of aromatic nitrogens is 3. The van der Waals surface area contributed by atoms with Gasteiger partial charge >= 0.3 is 0 Å². The summed E-state index contributed by atoms with van der Waals surface area (Å²) in [4.78, 5) is 17.3. The fourth-order valence-electron chi connectivity index (χ4n) is 2.84. The lowest BCUT2D eigenvalue weighted by Gasteiger charge is -2.05. The molecule has 3 aromatic carbocycles. The van der Waals surface area contributed by atoms with E-state index in [0.717, 1.165) is 21.3 Å². The Bertz CT molecular complexity index is 1070. The fourth-order valence-corrected chi connectivity index (χ4v) is 3.09. The van der Waals surface area contributed by atoms with Crippen molar-refractivity contribution >= 4 is 27.5 Å². The summed E-state index contributed by atoms with van der Waals surface area (Å²) in [5.41, 5.74) is 3.46. The van der Waals surface area contributed by atoms with Gasteiger partial charge in [-0.25, -0.2) is 9.67 Å². The molecule has 1 heterocycles. The third kappa shape index (κ3) is 3.73. The zero-order valence-electron chi connectivity index (χ0n) is 15.1. The molecule has 0 saturated carbocycles. The Morgan fingerprint density at radius 3 is 2.32 bits per heavy atom. The number of halogens is 1. The summed E-state index contributed by atoms with van der Waals surface area (Å²) in [6, 6.07) is 25.0. The summed E-state index contributed by atoms with van der Waals surface area (Å²) in [5.74, 6) is 0.376. The van der Waals surface area contributed by atoms with Gasteiger partial charge in [0.2, 0.25) is 5.82 Å². The minimum Gasteiger partial charge on any atom is -0.319 e. The molecule has 0 aliphatic rings. The normalized spacial score (nSPS) is 10.6. The Hall–Kier alpha value is -3.25. The van der Waals surface area contributed by atoms with E-state index in [1.807, 2.05) is 85.8 Å². The molecule has 0 atom stereocenters. The van der Waals surface area contributed by atoms with E-state index < -0.39 is 0 Å². The van der Waals surface area contributed by atoms with Crippen molar-refractivity contribution in [2.75, 3.05) is 5.32 Å². The molecule has 0 spiro atoms. The molecule has 5 nitrogen and oxygen atoms in total. The Morgan fingerprint density at radius 1 is 0.964 bits per heavy atom. The molecule has 1 N–H and O–H groups in total. The molecule has 1 aromatic heterocycles. The van der Waals surface area contributed by atoms with E-state index in [9.17, 15) is 4.79 Å². The molecule has 0 bridgehead atoms. The Balaban J connectivity index is 1.72. The second-order valence-electron chi connectivity index (χ2n) is 6.29. The standard InChI is InChI=1S/C22H17BrN4O/c1-15-14-17(12-13-19(15)23)24-22(28)20-25-21(16-8-4-2-5-9-16)27(26-20)18-10-6-3-7-11-18/h2-14H,1H3,(H,24,28). The molecule has 0 unspecified atom stereocenters. The van der Waals surface area contributed by atoms with Crippen molar-refractivity contribution in [1.82, 2.24) is 14.8 Å². The topological polar surface area (TPSA) is 59.8 Å². The maximum absolute atomic E-state index is 12.8. The second kappa shape index (κ2) is 7.78. The summed E-state index contributed by atoms with van der Waals surface area (Å²) < 4.78 is 2.68. The molecular formula is C22H17BrN4O. The van der Waals surface area contributed by atoms with Crippen LogP contribution in [-0.2, 0) is 0 Å². The minimum atomic E-state index is -0.353. The van der Waals surface area contributed by atoms with Gasteiger partial charge < -0.3 is 5.32 Å². The number of nitrogens with one attached hydrogen (secondary N) is 1. The number of benzene rings is 3. The summed E-state index contributed by atoms with van der Waals surface area (Å²) in [7, 11) is 0. The van der Waals surface area contributed by atoms with Crippen LogP contribution >= 0.6 is 15.9 Å². The lowest BCUT2D eigenvalue weighted by Crippen LogP contribution is -2.14. The van der Waals surface area contributed by atoms with Crippen molar-refractivity contribution < 1.29 is 4.79 Å². The molecule has 1 amide bonds. The lowest BCUT2D eigenvalue weighted by molar-refractivity contribution is 0.101. The molecule has 28 heavy (non-hydrogen) atoms. The summed E-state index contributed by atoms with van der Waals surface area (Å²) in [6.45, 7) is 1.97. The summed E-state index contributed by atoms with van der Waals surface area (Å²) >= 11 is 3.46. The number of carbonyl (C=O) groups is 1. The number of aryl methyl sites for hydroxylation is 1. The average molecular weight is 433 g/mol. The highest BCUT2D eigenvalue weighted by Gasteiger charge is 2.19. The predicted molar refractivity (Wildman–Crippen MR) is 114 cm³/mol. The maximum atomic E-state index is 12.8. The molecular weight excluding hydrogens is 416 g/mol. The van der Waals surface area contributed by atoms with Crippen LogP contribution in [0.2, 0.25) is 0 Å². The largest absolute Gasteiger partial charge is 0.319 e. The Morgan fingerprint density at radius 2 is 1.64 bits per heavy atom. The van der Waals surface area contributed by atoms with Gasteiger partial charge in [0, 0.05) is 15.7 Å². The molecule has 6 heteroatoms. The van der Waals surface area contributed by atoms with E-state index in [1.54, 1.807) is 4.68 Å². The van der Waals surface area contributed by atoms with E-state index in [1.165, 1.54) is 0 Å². The monoisotopic (exact) mass is 432 g/mol. The van der Waals surface area contributed by atoms with E-state index in [-0.39, 0.29) is 11.7 Å². The molecule has 4 rings (SSSR count). The zero-order chi connectivity index (χ0) is 19.5. The first kappa shape index (κ1) is 18.1. The van der Waals surface area contributed by atoms with Crippen molar-refractivity contribution in [3.63, 3.8) is 0 Å². The van der Waals surface area contributed by atoms with Crippen LogP contribution in [0.25, 0.3) is 17.1 Å². The predicted octanol–water partition coefficient (Wildman–Crippen LogP) is 5.26. The molecule has 0 fully saturated rings. The van der Waals surface area contributed by atoms with Crippen LogP contribution in [0.1, 0.15) is 16.2 Å². The van der Waals surface area contributed by atoms with Crippen molar-refractivity contribution in [3.8, 4) is 17.1 Å². The van der Waals surface area contributed by atoms with Gasteiger partial charge in [0.25, 0.3) is 5.91 Å². The number of rotatable bonds is 4. The molecule has 0 aliphatic carbocycles. The first-order valence-electron chi connectivity index (χ1n) is 8.77. The van der Waals surface area contributed by atoms with E-state index >= 15 is 0 Å². The van der Waals surface area contributed by atoms with Crippen LogP contribution in [-0.4, -0.2) is 20.7 Å². The quantitative estimate of drug-likeness (QED) is 0.478. The zero-order valence-corrected chi connectivity index (χ0v) is 16.7. The van der Waals surface area contributed by atoms with Gasteiger partial charge in [0.15, 0.2) is 5.82 Å². The van der Waals surface area contributed by atoms with Crippen LogP contribution in [0.3, 0.4) is 0 Å². The van der Waals surface area contributed by atoms with Crippen molar-refractivity contribution in [2.24, 2.45) is 0 Å². The van der Waals surface area contributed by atoms with Crippen LogP contribution in [0.4, 0.5) is 5.69 Å². The first-order valence-corrected chi connectivity index (χ1v) is 9.56. The SMILES string of the molecule is Cc1cc(NC(=O)c2nc(-c3ccccc3)n(-c3ccccc3)n2)ccc1Br. The van der Waals surface area contributed by atoms with Crippen molar-refractivity contribution in [3.05, 3.63) is 94.7 Å². The first-order chi connectivity index (χ1) is 13.6. The molecule has 0 aliphatic heterocycles. The summed E-state index contributed by atoms with van der Waals surface area (Å²) in [6.07, 6.45) is 0. The van der Waals surface area contributed by atoms with Crippen molar-refractivity contribution in [1.29, 1.82) is 0 Å². The number of carbonyl (C=O) groups excluding carboxylic acids is 1. The highest BCUT2D eigenvalue weighted by molar-refractivity contribution is 9.10. The van der Waals surface area contributed by atoms with Gasteiger partial charge in [0.1, 0.15) is 0 Å². The van der Waals surface area contributed by atoms with Crippen LogP contribution in [0.5, 0.6) is 0 Å². The van der Waals surface area contributed by atoms with Gasteiger partial charge in [-0.2, -0.15) is 0 Å². The lowest BCUT2D eigenvalue weighted by atomic mass is 10.2. The van der Waals surface area contributed by atoms with Gasteiger partial charge in [-0.1, -0.05) is 64.5 Å². The number of hydrogen-bond acceptors (Lipinski definition) is 3. The molecule has 0 saturated heterocycles. The molecule has 0 radical (unpaired) electrons. The molecule has 138 valence electrons. The fraction of sp³-hybridized carbons (Fsp3) is 0.0455. The van der Waals surface area contributed by atoms with Crippen LogP contribution < -0.4 is 5.32 Å². The van der Waals surface area contributed by atoms with Gasteiger partial charge in [0.05, 0.1) is 5.69 Å². The summed E-state index contributed by atoms with van der Waals surface area (Å²) in [5, 5.41) is 7.35. The van der Waals surface area contributed by atoms with E-state index in [2.05, 4.69) is 31.3 Å².